The smallest absolute Gasteiger partial charge is 0.410 e. The van der Waals surface area contributed by atoms with Gasteiger partial charge in [0.15, 0.2) is 5.65 Å². The number of hydrogen-bond donors (Lipinski definition) is 1. The standard InChI is InChI=1S/C25H34N6O5S/c1-17(2)35-25(32)30-11-8-20(9-12-30)36-24-21-15-29-31(23(21)27-16-28-24)22-7-6-19(14-18(22)3)26-10-5-13-37(4,33)34/h6-7,14-17,20,26H,5,8-13H2,1-4H3. The molecule has 1 saturated heterocycles. The molecule has 200 valence electrons. The molecule has 0 atom stereocenters. The number of carbonyl (C=O) groups excluding carboxylic acids is 1. The summed E-state index contributed by atoms with van der Waals surface area (Å²) in [5.74, 6) is 0.630. The van der Waals surface area contributed by atoms with Gasteiger partial charge in [0, 0.05) is 44.4 Å². The molecule has 0 bridgehead atoms. The number of fused-ring (bicyclic) bond motifs is 1. The first kappa shape index (κ1) is 26.6. The van der Waals surface area contributed by atoms with Gasteiger partial charge in [-0.3, -0.25) is 0 Å². The first-order valence-corrected chi connectivity index (χ1v) is 14.5. The van der Waals surface area contributed by atoms with Gasteiger partial charge in [0.1, 0.15) is 27.7 Å². The van der Waals surface area contributed by atoms with Gasteiger partial charge < -0.3 is 19.7 Å². The van der Waals surface area contributed by atoms with Crippen molar-refractivity contribution in [2.75, 3.05) is 37.0 Å². The number of carbonyl (C=O) groups is 1. The third kappa shape index (κ3) is 6.88. The van der Waals surface area contributed by atoms with Crippen LogP contribution in [0.15, 0.2) is 30.7 Å². The third-order valence-corrected chi connectivity index (χ3v) is 7.12. The third-order valence-electron chi connectivity index (χ3n) is 6.09. The van der Waals surface area contributed by atoms with Crippen molar-refractivity contribution >= 4 is 32.7 Å². The highest BCUT2D eigenvalue weighted by Gasteiger charge is 2.26. The molecule has 0 saturated carbocycles. The predicted molar refractivity (Wildman–Crippen MR) is 141 cm³/mol. The van der Waals surface area contributed by atoms with Crippen molar-refractivity contribution in [2.45, 2.75) is 52.2 Å². The Balaban J connectivity index is 1.42. The predicted octanol–water partition coefficient (Wildman–Crippen LogP) is 3.36. The van der Waals surface area contributed by atoms with Crippen molar-refractivity contribution in [3.63, 3.8) is 0 Å². The molecule has 12 heteroatoms. The van der Waals surface area contributed by atoms with E-state index in [4.69, 9.17) is 9.47 Å². The number of amides is 1. The lowest BCUT2D eigenvalue weighted by atomic mass is 10.1. The highest BCUT2D eigenvalue weighted by Crippen LogP contribution is 2.28. The van der Waals surface area contributed by atoms with Crippen molar-refractivity contribution in [3.8, 4) is 11.6 Å². The van der Waals surface area contributed by atoms with Crippen molar-refractivity contribution in [1.82, 2.24) is 24.6 Å². The fourth-order valence-corrected chi connectivity index (χ4v) is 4.92. The zero-order chi connectivity index (χ0) is 26.6. The molecule has 3 heterocycles. The van der Waals surface area contributed by atoms with E-state index in [-0.39, 0.29) is 24.1 Å². The fraction of sp³-hybridized carbons (Fsp3) is 0.520. The average molecular weight is 531 g/mol. The molecule has 1 fully saturated rings. The summed E-state index contributed by atoms with van der Waals surface area (Å²) in [5.41, 5.74) is 3.41. The summed E-state index contributed by atoms with van der Waals surface area (Å²) in [7, 11) is -2.96. The van der Waals surface area contributed by atoms with Crippen molar-refractivity contribution in [2.24, 2.45) is 0 Å². The first-order valence-electron chi connectivity index (χ1n) is 12.4. The van der Waals surface area contributed by atoms with Gasteiger partial charge in [-0.2, -0.15) is 5.10 Å². The zero-order valence-electron chi connectivity index (χ0n) is 21.7. The van der Waals surface area contributed by atoms with Crippen LogP contribution in [-0.2, 0) is 14.6 Å². The lowest BCUT2D eigenvalue weighted by Crippen LogP contribution is -2.42. The van der Waals surface area contributed by atoms with Crippen LogP contribution in [0, 0.1) is 6.92 Å². The minimum atomic E-state index is -2.96. The Morgan fingerprint density at radius 3 is 2.65 bits per heavy atom. The average Bonchev–Trinajstić information content (AvgIpc) is 3.26. The molecule has 2 aromatic heterocycles. The molecule has 1 aliphatic heterocycles. The summed E-state index contributed by atoms with van der Waals surface area (Å²) in [4.78, 5) is 22.7. The highest BCUT2D eigenvalue weighted by molar-refractivity contribution is 7.90. The minimum absolute atomic E-state index is 0.0701. The number of ether oxygens (including phenoxy) is 2. The van der Waals surface area contributed by atoms with Crippen molar-refractivity contribution < 1.29 is 22.7 Å². The Morgan fingerprint density at radius 2 is 1.97 bits per heavy atom. The second kappa shape index (κ2) is 11.3. The van der Waals surface area contributed by atoms with E-state index in [1.807, 2.05) is 39.0 Å². The molecule has 0 radical (unpaired) electrons. The van der Waals surface area contributed by atoms with Gasteiger partial charge in [-0.15, -0.1) is 0 Å². The lowest BCUT2D eigenvalue weighted by molar-refractivity contribution is 0.0511. The second-order valence-corrected chi connectivity index (χ2v) is 11.9. The molecular weight excluding hydrogens is 496 g/mol. The maximum absolute atomic E-state index is 12.1. The first-order chi connectivity index (χ1) is 17.6. The fourth-order valence-electron chi connectivity index (χ4n) is 4.25. The van der Waals surface area contributed by atoms with Gasteiger partial charge in [0.05, 0.1) is 23.7 Å². The molecule has 1 N–H and O–H groups in total. The van der Waals surface area contributed by atoms with E-state index in [9.17, 15) is 13.2 Å². The largest absolute Gasteiger partial charge is 0.474 e. The van der Waals surface area contributed by atoms with Gasteiger partial charge in [-0.05, 0) is 51.0 Å². The monoisotopic (exact) mass is 530 g/mol. The van der Waals surface area contributed by atoms with Crippen LogP contribution in [0.25, 0.3) is 16.7 Å². The van der Waals surface area contributed by atoms with E-state index < -0.39 is 9.84 Å². The Morgan fingerprint density at radius 1 is 1.22 bits per heavy atom. The van der Waals surface area contributed by atoms with E-state index in [1.54, 1.807) is 15.8 Å². The van der Waals surface area contributed by atoms with Crippen LogP contribution in [0.3, 0.4) is 0 Å². The molecule has 0 aliphatic carbocycles. The number of nitrogens with zero attached hydrogens (tertiary/aromatic N) is 5. The Kier molecular flexibility index (Phi) is 8.16. The molecule has 11 nitrogen and oxygen atoms in total. The number of nitrogens with one attached hydrogen (secondary N) is 1. The molecule has 1 aliphatic rings. The van der Waals surface area contributed by atoms with Crippen molar-refractivity contribution in [3.05, 3.63) is 36.3 Å². The number of likely N-dealkylation sites (tertiary alicyclic amines) is 1. The second-order valence-electron chi connectivity index (χ2n) is 9.62. The SMILES string of the molecule is Cc1cc(NCCCS(C)(=O)=O)ccc1-n1ncc2c(OC3CCN(C(=O)OC(C)C)CC3)ncnc21. The van der Waals surface area contributed by atoms with Crippen LogP contribution in [-0.4, -0.2) is 83.0 Å². The summed E-state index contributed by atoms with van der Waals surface area (Å²) >= 11 is 0. The van der Waals surface area contributed by atoms with Crippen LogP contribution < -0.4 is 10.1 Å². The number of aryl methyl sites for hydroxylation is 1. The molecule has 0 spiro atoms. The molecule has 0 unspecified atom stereocenters. The Hall–Kier alpha value is -3.41. The molecule has 4 rings (SSSR count). The van der Waals surface area contributed by atoms with Crippen molar-refractivity contribution in [1.29, 1.82) is 0 Å². The van der Waals surface area contributed by atoms with E-state index in [0.717, 1.165) is 16.9 Å². The topological polar surface area (TPSA) is 129 Å². The summed E-state index contributed by atoms with van der Waals surface area (Å²) in [5, 5.41) is 8.54. The van der Waals surface area contributed by atoms with Crippen LogP contribution in [0.1, 0.15) is 38.7 Å². The van der Waals surface area contributed by atoms with E-state index in [0.29, 0.717) is 55.8 Å². The molecule has 1 aromatic carbocycles. The molecule has 3 aromatic rings. The van der Waals surface area contributed by atoms with Gasteiger partial charge in [0.2, 0.25) is 5.88 Å². The minimum Gasteiger partial charge on any atom is -0.474 e. The molecular formula is C25H34N6O5S. The summed E-state index contributed by atoms with van der Waals surface area (Å²) in [6.07, 6.45) is 5.84. The Labute approximate surface area is 217 Å². The number of aromatic nitrogens is 4. The molecule has 1 amide bonds. The van der Waals surface area contributed by atoms with Gasteiger partial charge in [-0.25, -0.2) is 27.9 Å². The van der Waals surface area contributed by atoms with Crippen LogP contribution in [0.4, 0.5) is 10.5 Å². The van der Waals surface area contributed by atoms with E-state index >= 15 is 0 Å². The van der Waals surface area contributed by atoms with Crippen LogP contribution in [0.5, 0.6) is 5.88 Å². The zero-order valence-corrected chi connectivity index (χ0v) is 22.5. The number of sulfone groups is 1. The highest BCUT2D eigenvalue weighted by atomic mass is 32.2. The van der Waals surface area contributed by atoms with Gasteiger partial charge >= 0.3 is 6.09 Å². The number of piperidine rings is 1. The lowest BCUT2D eigenvalue weighted by Gasteiger charge is -2.31. The summed E-state index contributed by atoms with van der Waals surface area (Å²) < 4.78 is 35.9. The van der Waals surface area contributed by atoms with Crippen LogP contribution >= 0.6 is 0 Å². The van der Waals surface area contributed by atoms with Gasteiger partial charge in [-0.1, -0.05) is 0 Å². The number of hydrogen-bond acceptors (Lipinski definition) is 9. The Bertz CT molecular complexity index is 1350. The van der Waals surface area contributed by atoms with Crippen LogP contribution in [0.2, 0.25) is 0 Å². The number of rotatable bonds is 9. The van der Waals surface area contributed by atoms with E-state index in [1.165, 1.54) is 12.6 Å². The maximum Gasteiger partial charge on any atom is 0.410 e. The number of anilines is 1. The van der Waals surface area contributed by atoms with Gasteiger partial charge in [0.25, 0.3) is 0 Å². The number of benzene rings is 1. The summed E-state index contributed by atoms with van der Waals surface area (Å²) in [6.45, 7) is 7.37. The molecule has 37 heavy (non-hydrogen) atoms. The maximum atomic E-state index is 12.1. The quantitative estimate of drug-likeness (QED) is 0.414. The van der Waals surface area contributed by atoms with E-state index in [2.05, 4.69) is 20.4 Å². The summed E-state index contributed by atoms with van der Waals surface area (Å²) in [6, 6.07) is 5.89. The normalized spacial score (nSPS) is 14.8.